The molecule has 2 nitrogen and oxygen atoms in total. The first-order valence-corrected chi connectivity index (χ1v) is 3.35. The van der Waals surface area contributed by atoms with Gasteiger partial charge < -0.3 is 4.90 Å². The molecule has 1 N–H and O–H groups in total. The lowest BCUT2D eigenvalue weighted by Crippen LogP contribution is -3.10. The second-order valence-electron chi connectivity index (χ2n) is 2.59. The van der Waals surface area contributed by atoms with E-state index in [2.05, 4.69) is 18.9 Å². The zero-order valence-corrected chi connectivity index (χ0v) is 5.78. The number of hydrogen-bond acceptors (Lipinski definition) is 1. The minimum Gasteiger partial charge on any atom is -0.322 e. The lowest BCUT2D eigenvalue weighted by molar-refractivity contribution is -0.889. The maximum atomic E-state index is 2.37. The van der Waals surface area contributed by atoms with Crippen LogP contribution in [0.2, 0.25) is 0 Å². The molecule has 0 saturated carbocycles. The fourth-order valence-electron chi connectivity index (χ4n) is 1.18. The van der Waals surface area contributed by atoms with E-state index in [0.717, 1.165) is 0 Å². The van der Waals surface area contributed by atoms with Crippen LogP contribution in [-0.2, 0) is 0 Å². The van der Waals surface area contributed by atoms with E-state index in [1.165, 1.54) is 26.3 Å². The molecule has 0 radical (unpaired) electrons. The smallest absolute Gasteiger partial charge is 0.133 e. The molecule has 0 amide bonds. The van der Waals surface area contributed by atoms with Gasteiger partial charge in [-0.25, -0.2) is 0 Å². The van der Waals surface area contributed by atoms with Gasteiger partial charge in [0.2, 0.25) is 0 Å². The molecule has 0 aromatic carbocycles. The summed E-state index contributed by atoms with van der Waals surface area (Å²) in [6, 6.07) is 0. The standard InChI is InChI=1S/C6H14N2/c1-3-8-5-4-7(2)6-8/h3-6H2,1-2H3/p+1. The van der Waals surface area contributed by atoms with Crippen LogP contribution in [0.3, 0.4) is 0 Å². The topological polar surface area (TPSA) is 7.68 Å². The molecule has 0 aromatic heterocycles. The molecular formula is C6H15N2+. The third-order valence-electron chi connectivity index (χ3n) is 1.84. The molecular weight excluding hydrogens is 100 g/mol. The molecule has 8 heavy (non-hydrogen) atoms. The zero-order chi connectivity index (χ0) is 5.98. The second kappa shape index (κ2) is 2.46. The fraction of sp³-hybridized carbons (Fsp3) is 1.00. The Balaban J connectivity index is 2.22. The summed E-state index contributed by atoms with van der Waals surface area (Å²) in [5.74, 6) is 0. The van der Waals surface area contributed by atoms with Crippen molar-refractivity contribution in [3.05, 3.63) is 0 Å². The molecule has 1 heterocycles. The van der Waals surface area contributed by atoms with Crippen LogP contribution >= 0.6 is 0 Å². The van der Waals surface area contributed by atoms with Gasteiger partial charge in [0.1, 0.15) is 6.67 Å². The second-order valence-corrected chi connectivity index (χ2v) is 2.59. The van der Waals surface area contributed by atoms with Crippen LogP contribution in [0.25, 0.3) is 0 Å². The van der Waals surface area contributed by atoms with E-state index in [9.17, 15) is 0 Å². The minimum atomic E-state index is 1.25. The average Bonchev–Trinajstić information content (AvgIpc) is 2.14. The Morgan fingerprint density at radius 2 is 2.38 bits per heavy atom. The van der Waals surface area contributed by atoms with Crippen LogP contribution in [0.4, 0.5) is 0 Å². The van der Waals surface area contributed by atoms with Crippen molar-refractivity contribution < 1.29 is 4.90 Å². The number of nitrogens with zero attached hydrogens (tertiary/aromatic N) is 1. The van der Waals surface area contributed by atoms with E-state index < -0.39 is 0 Å². The normalized spacial score (nSPS) is 31.5. The Bertz CT molecular complexity index is 72.9. The van der Waals surface area contributed by atoms with Crippen LogP contribution in [0.5, 0.6) is 0 Å². The number of quaternary nitrogens is 1. The molecule has 0 aliphatic carbocycles. The number of rotatable bonds is 1. The quantitative estimate of drug-likeness (QED) is 0.451. The zero-order valence-electron chi connectivity index (χ0n) is 5.78. The predicted molar refractivity (Wildman–Crippen MR) is 33.9 cm³/mol. The highest BCUT2D eigenvalue weighted by Gasteiger charge is 2.16. The number of hydrogen-bond donors (Lipinski definition) is 1. The lowest BCUT2D eigenvalue weighted by Gasteiger charge is -2.07. The van der Waals surface area contributed by atoms with Crippen LogP contribution in [-0.4, -0.2) is 38.3 Å². The van der Waals surface area contributed by atoms with E-state index in [1.54, 1.807) is 4.90 Å². The van der Waals surface area contributed by atoms with Crippen molar-refractivity contribution in [1.82, 2.24) is 4.90 Å². The predicted octanol–water partition coefficient (Wildman–Crippen LogP) is -1.21. The summed E-state index contributed by atoms with van der Waals surface area (Å²) in [5, 5.41) is 0. The third-order valence-corrected chi connectivity index (χ3v) is 1.84. The lowest BCUT2D eigenvalue weighted by atomic mass is 10.6. The van der Waals surface area contributed by atoms with Gasteiger partial charge in [0, 0.05) is 0 Å². The summed E-state index contributed by atoms with van der Waals surface area (Å²) in [4.78, 5) is 4.09. The van der Waals surface area contributed by atoms with Crippen molar-refractivity contribution in [3.63, 3.8) is 0 Å². The van der Waals surface area contributed by atoms with Gasteiger partial charge in [-0.2, -0.15) is 0 Å². The van der Waals surface area contributed by atoms with Gasteiger partial charge in [0.15, 0.2) is 0 Å². The SMILES string of the molecule is CC[NH+]1CCN(C)C1. The average molecular weight is 115 g/mol. The Kier molecular flexibility index (Phi) is 1.86. The van der Waals surface area contributed by atoms with Gasteiger partial charge >= 0.3 is 0 Å². The van der Waals surface area contributed by atoms with Gasteiger partial charge in [-0.1, -0.05) is 0 Å². The highest BCUT2D eigenvalue weighted by atomic mass is 15.4. The van der Waals surface area contributed by atoms with Gasteiger partial charge in [0.25, 0.3) is 0 Å². The fourth-order valence-corrected chi connectivity index (χ4v) is 1.18. The van der Waals surface area contributed by atoms with E-state index >= 15 is 0 Å². The number of nitrogens with one attached hydrogen (secondary N) is 1. The molecule has 0 bridgehead atoms. The summed E-state index contributed by atoms with van der Waals surface area (Å²) in [6.07, 6.45) is 0. The first-order chi connectivity index (χ1) is 3.83. The van der Waals surface area contributed by atoms with Gasteiger partial charge in [-0.15, -0.1) is 0 Å². The Morgan fingerprint density at radius 3 is 2.62 bits per heavy atom. The highest BCUT2D eigenvalue weighted by Crippen LogP contribution is 1.78. The van der Waals surface area contributed by atoms with E-state index in [4.69, 9.17) is 0 Å². The molecule has 1 aliphatic rings. The van der Waals surface area contributed by atoms with Crippen molar-refractivity contribution in [1.29, 1.82) is 0 Å². The number of likely N-dealkylation sites (N-methyl/N-ethyl adjacent to an activating group) is 2. The molecule has 1 aliphatic heterocycles. The Morgan fingerprint density at radius 1 is 1.62 bits per heavy atom. The molecule has 0 spiro atoms. The molecule has 1 atom stereocenters. The van der Waals surface area contributed by atoms with Gasteiger partial charge in [0.05, 0.1) is 19.6 Å². The maximum Gasteiger partial charge on any atom is 0.133 e. The van der Waals surface area contributed by atoms with Crippen molar-refractivity contribution in [2.75, 3.05) is 33.4 Å². The van der Waals surface area contributed by atoms with E-state index in [-0.39, 0.29) is 0 Å². The van der Waals surface area contributed by atoms with Crippen LogP contribution in [0.1, 0.15) is 6.92 Å². The van der Waals surface area contributed by atoms with E-state index in [0.29, 0.717) is 0 Å². The van der Waals surface area contributed by atoms with E-state index in [1.807, 2.05) is 0 Å². The molecule has 1 saturated heterocycles. The largest absolute Gasteiger partial charge is 0.322 e. The summed E-state index contributed by atoms with van der Waals surface area (Å²) in [5.41, 5.74) is 0. The van der Waals surface area contributed by atoms with Crippen molar-refractivity contribution in [2.45, 2.75) is 6.92 Å². The van der Waals surface area contributed by atoms with Crippen LogP contribution < -0.4 is 4.90 Å². The van der Waals surface area contributed by atoms with Crippen molar-refractivity contribution in [2.24, 2.45) is 0 Å². The highest BCUT2D eigenvalue weighted by molar-refractivity contribution is 4.47. The summed E-state index contributed by atoms with van der Waals surface area (Å²) >= 11 is 0. The van der Waals surface area contributed by atoms with Crippen LogP contribution in [0, 0.1) is 0 Å². The first-order valence-electron chi connectivity index (χ1n) is 3.35. The van der Waals surface area contributed by atoms with Gasteiger partial charge in [-0.3, -0.25) is 4.90 Å². The molecule has 2 heteroatoms. The van der Waals surface area contributed by atoms with Crippen molar-refractivity contribution in [3.8, 4) is 0 Å². The summed E-state index contributed by atoms with van der Waals surface area (Å²) < 4.78 is 0. The molecule has 0 aromatic rings. The molecule has 1 fully saturated rings. The Labute approximate surface area is 51.1 Å². The van der Waals surface area contributed by atoms with Gasteiger partial charge in [-0.05, 0) is 14.0 Å². The Hall–Kier alpha value is -0.0800. The summed E-state index contributed by atoms with van der Waals surface area (Å²) in [6.45, 7) is 7.39. The molecule has 1 unspecified atom stereocenters. The molecule has 48 valence electrons. The minimum absolute atomic E-state index is 1.25. The molecule has 1 rings (SSSR count). The van der Waals surface area contributed by atoms with Crippen LogP contribution in [0.15, 0.2) is 0 Å². The summed E-state index contributed by atoms with van der Waals surface area (Å²) in [7, 11) is 2.18. The monoisotopic (exact) mass is 115 g/mol. The first kappa shape index (κ1) is 6.05. The third kappa shape index (κ3) is 1.20. The maximum absolute atomic E-state index is 2.37. The van der Waals surface area contributed by atoms with Crippen molar-refractivity contribution >= 4 is 0 Å².